The van der Waals surface area contributed by atoms with E-state index < -0.39 is 11.6 Å². The van der Waals surface area contributed by atoms with E-state index in [9.17, 15) is 13.6 Å². The lowest BCUT2D eigenvalue weighted by atomic mass is 10.0. The van der Waals surface area contributed by atoms with Crippen molar-refractivity contribution < 1.29 is 18.4 Å². The van der Waals surface area contributed by atoms with Crippen molar-refractivity contribution in [2.45, 2.75) is 18.9 Å². The quantitative estimate of drug-likeness (QED) is 0.923. The molecule has 4 nitrogen and oxygen atoms in total. The number of amides is 1. The van der Waals surface area contributed by atoms with Gasteiger partial charge in [0.25, 0.3) is 5.91 Å². The van der Waals surface area contributed by atoms with Crippen LogP contribution in [0.3, 0.4) is 0 Å². The maximum atomic E-state index is 14.0. The highest BCUT2D eigenvalue weighted by atomic mass is 19.1. The van der Waals surface area contributed by atoms with E-state index in [-0.39, 0.29) is 17.5 Å². The maximum Gasteiger partial charge on any atom is 0.251 e. The molecule has 0 unspecified atom stereocenters. The Hall–Kier alpha value is -2.31. The van der Waals surface area contributed by atoms with E-state index in [0.29, 0.717) is 11.1 Å². The molecule has 6 heteroatoms. The van der Waals surface area contributed by atoms with Crippen molar-refractivity contribution in [3.8, 4) is 11.1 Å². The van der Waals surface area contributed by atoms with Crippen LogP contribution in [0.5, 0.6) is 0 Å². The molecular weight excluding hydrogens is 326 g/mol. The molecule has 3 rings (SSSR count). The van der Waals surface area contributed by atoms with Crippen LogP contribution < -0.4 is 5.32 Å². The Labute approximate surface area is 145 Å². The summed E-state index contributed by atoms with van der Waals surface area (Å²) < 4.78 is 27.9. The van der Waals surface area contributed by atoms with E-state index >= 15 is 0 Å². The second-order valence-corrected chi connectivity index (χ2v) is 6.04. The first-order chi connectivity index (χ1) is 12.1. The monoisotopic (exact) mass is 346 g/mol. The summed E-state index contributed by atoms with van der Waals surface area (Å²) >= 11 is 0. The van der Waals surface area contributed by atoms with Gasteiger partial charge in [-0.2, -0.15) is 5.06 Å². The van der Waals surface area contributed by atoms with Crippen LogP contribution in [0.2, 0.25) is 0 Å². The Morgan fingerprint density at radius 2 is 1.76 bits per heavy atom. The average Bonchev–Trinajstić information content (AvgIpc) is 2.62. The van der Waals surface area contributed by atoms with Gasteiger partial charge < -0.3 is 10.2 Å². The van der Waals surface area contributed by atoms with Crippen molar-refractivity contribution >= 4 is 5.91 Å². The summed E-state index contributed by atoms with van der Waals surface area (Å²) in [6.45, 7) is 1.50. The van der Waals surface area contributed by atoms with Gasteiger partial charge in [-0.1, -0.05) is 18.2 Å². The molecule has 1 saturated heterocycles. The van der Waals surface area contributed by atoms with Crippen LogP contribution in [-0.2, 0) is 4.84 Å². The van der Waals surface area contributed by atoms with Crippen molar-refractivity contribution in [2.75, 3.05) is 20.2 Å². The highest BCUT2D eigenvalue weighted by Crippen LogP contribution is 2.26. The maximum absolute atomic E-state index is 14.0. The third-order valence-corrected chi connectivity index (χ3v) is 4.42. The van der Waals surface area contributed by atoms with Crippen molar-refractivity contribution in [3.63, 3.8) is 0 Å². The molecule has 1 fully saturated rings. The Kier molecular flexibility index (Phi) is 5.40. The topological polar surface area (TPSA) is 41.6 Å². The van der Waals surface area contributed by atoms with E-state index in [2.05, 4.69) is 5.32 Å². The van der Waals surface area contributed by atoms with Crippen LogP contribution >= 0.6 is 0 Å². The largest absolute Gasteiger partial charge is 0.349 e. The second kappa shape index (κ2) is 7.72. The Morgan fingerprint density at radius 3 is 2.40 bits per heavy atom. The molecule has 2 aromatic carbocycles. The van der Waals surface area contributed by atoms with Crippen molar-refractivity contribution in [1.29, 1.82) is 0 Å². The number of nitrogens with one attached hydrogen (secondary N) is 1. The zero-order valence-corrected chi connectivity index (χ0v) is 14.0. The molecule has 0 saturated carbocycles. The van der Waals surface area contributed by atoms with Gasteiger partial charge >= 0.3 is 0 Å². The summed E-state index contributed by atoms with van der Waals surface area (Å²) in [5.74, 6) is -1.54. The molecule has 0 radical (unpaired) electrons. The average molecular weight is 346 g/mol. The molecule has 1 N–H and O–H groups in total. The highest BCUT2D eigenvalue weighted by molar-refractivity contribution is 5.95. The molecule has 0 aromatic heterocycles. The minimum absolute atomic E-state index is 0.0627. The lowest BCUT2D eigenvalue weighted by Gasteiger charge is -2.30. The Balaban J connectivity index is 1.74. The molecule has 25 heavy (non-hydrogen) atoms. The molecule has 1 heterocycles. The number of carbonyl (C=O) groups is 1. The smallest absolute Gasteiger partial charge is 0.251 e. The number of nitrogens with zero attached hydrogens (tertiary/aromatic N) is 1. The van der Waals surface area contributed by atoms with E-state index in [1.165, 1.54) is 24.3 Å². The zero-order valence-electron chi connectivity index (χ0n) is 14.0. The van der Waals surface area contributed by atoms with Crippen LogP contribution in [0.1, 0.15) is 23.2 Å². The van der Waals surface area contributed by atoms with Crippen molar-refractivity contribution in [1.82, 2.24) is 10.4 Å². The minimum Gasteiger partial charge on any atom is -0.349 e. The van der Waals surface area contributed by atoms with Gasteiger partial charge in [-0.15, -0.1) is 0 Å². The van der Waals surface area contributed by atoms with Gasteiger partial charge in [0.15, 0.2) is 0 Å². The van der Waals surface area contributed by atoms with Gasteiger partial charge in [-0.25, -0.2) is 8.78 Å². The van der Waals surface area contributed by atoms with E-state index in [4.69, 9.17) is 4.84 Å². The van der Waals surface area contributed by atoms with Crippen molar-refractivity contribution in [3.05, 3.63) is 59.7 Å². The fourth-order valence-electron chi connectivity index (χ4n) is 3.04. The molecule has 1 amide bonds. The number of halogens is 2. The third-order valence-electron chi connectivity index (χ3n) is 4.42. The molecule has 0 atom stereocenters. The SMILES string of the molecule is CON1CCC(NC(=O)c2cccc(-c3c(F)cccc3F)c2)CC1. The summed E-state index contributed by atoms with van der Waals surface area (Å²) in [7, 11) is 1.63. The normalized spacial score (nSPS) is 16.0. The number of hydrogen-bond acceptors (Lipinski definition) is 3. The molecular formula is C19H20F2N2O2. The molecule has 0 bridgehead atoms. The highest BCUT2D eigenvalue weighted by Gasteiger charge is 2.21. The van der Waals surface area contributed by atoms with E-state index in [1.807, 2.05) is 5.06 Å². The van der Waals surface area contributed by atoms with Crippen LogP contribution in [-0.4, -0.2) is 37.2 Å². The number of benzene rings is 2. The fraction of sp³-hybridized carbons (Fsp3) is 0.316. The number of rotatable bonds is 4. The van der Waals surface area contributed by atoms with Gasteiger partial charge in [0.05, 0.1) is 12.7 Å². The third kappa shape index (κ3) is 4.03. The van der Waals surface area contributed by atoms with Gasteiger partial charge in [-0.05, 0) is 42.7 Å². The molecule has 1 aliphatic rings. The summed E-state index contributed by atoms with van der Waals surface area (Å²) in [5, 5.41) is 4.83. The fourth-order valence-corrected chi connectivity index (χ4v) is 3.04. The first kappa shape index (κ1) is 17.5. The van der Waals surface area contributed by atoms with Gasteiger partial charge in [0, 0.05) is 24.7 Å². The van der Waals surface area contributed by atoms with Crippen LogP contribution in [0.15, 0.2) is 42.5 Å². The summed E-state index contributed by atoms with van der Waals surface area (Å²) in [6.07, 6.45) is 1.59. The predicted molar refractivity (Wildman–Crippen MR) is 90.9 cm³/mol. The lowest BCUT2D eigenvalue weighted by Crippen LogP contribution is -2.44. The summed E-state index contributed by atoms with van der Waals surface area (Å²) in [6, 6.07) is 10.2. The van der Waals surface area contributed by atoms with E-state index in [0.717, 1.165) is 25.9 Å². The van der Waals surface area contributed by atoms with Gasteiger partial charge in [-0.3, -0.25) is 4.79 Å². The first-order valence-corrected chi connectivity index (χ1v) is 8.23. The van der Waals surface area contributed by atoms with Crippen LogP contribution in [0, 0.1) is 11.6 Å². The molecule has 2 aromatic rings. The Morgan fingerprint density at radius 1 is 1.12 bits per heavy atom. The number of carbonyl (C=O) groups excluding carboxylic acids is 1. The molecule has 0 spiro atoms. The van der Waals surface area contributed by atoms with Crippen LogP contribution in [0.25, 0.3) is 11.1 Å². The lowest BCUT2D eigenvalue weighted by molar-refractivity contribution is -0.144. The zero-order chi connectivity index (χ0) is 17.8. The van der Waals surface area contributed by atoms with Gasteiger partial charge in [0.1, 0.15) is 11.6 Å². The number of hydroxylamine groups is 2. The van der Waals surface area contributed by atoms with E-state index in [1.54, 1.807) is 25.3 Å². The summed E-state index contributed by atoms with van der Waals surface area (Å²) in [4.78, 5) is 17.6. The predicted octanol–water partition coefficient (Wildman–Crippen LogP) is 3.39. The molecule has 1 aliphatic heterocycles. The Bertz CT molecular complexity index is 739. The molecule has 0 aliphatic carbocycles. The number of hydrogen-bond donors (Lipinski definition) is 1. The van der Waals surface area contributed by atoms with Crippen LogP contribution in [0.4, 0.5) is 8.78 Å². The van der Waals surface area contributed by atoms with Gasteiger partial charge in [0.2, 0.25) is 0 Å². The summed E-state index contributed by atoms with van der Waals surface area (Å²) in [5.41, 5.74) is 0.609. The number of piperidine rings is 1. The standard InChI is InChI=1S/C19H20F2N2O2/c1-25-23-10-8-15(9-11-23)22-19(24)14-5-2-4-13(12-14)18-16(20)6-3-7-17(18)21/h2-7,12,15H,8-11H2,1H3,(H,22,24). The first-order valence-electron chi connectivity index (χ1n) is 8.23. The van der Waals surface area contributed by atoms with Crippen molar-refractivity contribution in [2.24, 2.45) is 0 Å². The second-order valence-electron chi connectivity index (χ2n) is 6.04. The minimum atomic E-state index is -0.649. The molecule has 132 valence electrons.